The summed E-state index contributed by atoms with van der Waals surface area (Å²) in [7, 11) is 2.26. The van der Waals surface area contributed by atoms with Crippen LogP contribution in [0.3, 0.4) is 0 Å². The molecule has 0 aliphatic carbocycles. The fourth-order valence-corrected chi connectivity index (χ4v) is 4.20. The summed E-state index contributed by atoms with van der Waals surface area (Å²) in [5, 5.41) is 10.4. The molecule has 0 aromatic heterocycles. The third-order valence-corrected chi connectivity index (χ3v) is 6.42. The van der Waals surface area contributed by atoms with E-state index < -0.39 is 6.10 Å². The average molecular weight is 421 g/mol. The SMILES string of the molecule is CC1CC[N+](C)(C[C@H](O)COCCOc2ccc(C(C)(C)C)cc2C(C)(C)C)CC1. The Kier molecular flexibility index (Phi) is 8.40. The Bertz CT molecular complexity index is 664. The minimum absolute atomic E-state index is 0.0124. The molecule has 2 rings (SSSR count). The zero-order valence-corrected chi connectivity index (χ0v) is 20.8. The zero-order valence-electron chi connectivity index (χ0n) is 20.8. The minimum Gasteiger partial charge on any atom is -0.491 e. The molecular formula is C26H46NO3+. The van der Waals surface area contributed by atoms with E-state index in [1.54, 1.807) is 0 Å². The first-order valence-corrected chi connectivity index (χ1v) is 11.7. The Labute approximate surface area is 185 Å². The van der Waals surface area contributed by atoms with Crippen molar-refractivity contribution in [2.45, 2.75) is 78.2 Å². The molecule has 1 atom stereocenters. The minimum atomic E-state index is -0.417. The number of hydrogen-bond donors (Lipinski definition) is 1. The summed E-state index contributed by atoms with van der Waals surface area (Å²) in [6.45, 7) is 20.1. The number of aliphatic hydroxyl groups is 1. The number of rotatable bonds is 8. The number of hydrogen-bond acceptors (Lipinski definition) is 3. The highest BCUT2D eigenvalue weighted by atomic mass is 16.5. The third kappa shape index (κ3) is 7.55. The Balaban J connectivity index is 1.81. The van der Waals surface area contributed by atoms with Crippen molar-refractivity contribution in [2.75, 3.05) is 46.5 Å². The van der Waals surface area contributed by atoms with Crippen LogP contribution in [-0.2, 0) is 15.6 Å². The molecule has 0 saturated carbocycles. The van der Waals surface area contributed by atoms with Crippen LogP contribution in [0, 0.1) is 5.92 Å². The van der Waals surface area contributed by atoms with Crippen molar-refractivity contribution in [3.63, 3.8) is 0 Å². The van der Waals surface area contributed by atoms with Crippen LogP contribution < -0.4 is 4.74 Å². The number of likely N-dealkylation sites (N-methyl/N-ethyl adjacent to an activating group) is 1. The van der Waals surface area contributed by atoms with Crippen molar-refractivity contribution in [1.29, 1.82) is 0 Å². The molecule has 1 aromatic carbocycles. The monoisotopic (exact) mass is 420 g/mol. The van der Waals surface area contributed by atoms with Crippen molar-refractivity contribution in [3.8, 4) is 5.75 Å². The summed E-state index contributed by atoms with van der Waals surface area (Å²) in [6, 6.07) is 6.54. The van der Waals surface area contributed by atoms with Gasteiger partial charge in [0, 0.05) is 0 Å². The molecule has 1 fully saturated rings. The van der Waals surface area contributed by atoms with Crippen molar-refractivity contribution in [1.82, 2.24) is 0 Å². The summed E-state index contributed by atoms with van der Waals surface area (Å²) in [5.41, 5.74) is 2.68. The van der Waals surface area contributed by atoms with Gasteiger partial charge < -0.3 is 19.1 Å². The summed E-state index contributed by atoms with van der Waals surface area (Å²) in [5.74, 6) is 1.75. The third-order valence-electron chi connectivity index (χ3n) is 6.42. The van der Waals surface area contributed by atoms with E-state index >= 15 is 0 Å². The standard InChI is InChI=1S/C26H46NO3/c1-20-11-13-27(8,14-12-20)18-22(28)19-29-15-16-30-24-10-9-21(25(2,3)4)17-23(24)26(5,6)7/h9-10,17,20,22,28H,11-16,18-19H2,1-8H3/q+1/t20?,22-,27?/m0/s1. The van der Waals surface area contributed by atoms with Crippen molar-refractivity contribution < 1.29 is 19.1 Å². The fraction of sp³-hybridized carbons (Fsp3) is 0.769. The maximum Gasteiger partial charge on any atom is 0.126 e. The first kappa shape index (κ1) is 25.2. The Hall–Kier alpha value is -1.10. The van der Waals surface area contributed by atoms with Gasteiger partial charge in [0.1, 0.15) is 25.0 Å². The first-order valence-electron chi connectivity index (χ1n) is 11.7. The van der Waals surface area contributed by atoms with E-state index in [4.69, 9.17) is 9.47 Å². The molecule has 1 saturated heterocycles. The van der Waals surface area contributed by atoms with Gasteiger partial charge in [-0.3, -0.25) is 0 Å². The van der Waals surface area contributed by atoms with Crippen LogP contribution in [0.4, 0.5) is 0 Å². The lowest BCUT2D eigenvalue weighted by atomic mass is 9.80. The predicted molar refractivity (Wildman–Crippen MR) is 125 cm³/mol. The molecule has 0 unspecified atom stereocenters. The van der Waals surface area contributed by atoms with Gasteiger partial charge in [0.05, 0.1) is 33.4 Å². The molecule has 30 heavy (non-hydrogen) atoms. The van der Waals surface area contributed by atoms with Gasteiger partial charge in [-0.25, -0.2) is 0 Å². The lowest BCUT2D eigenvalue weighted by Gasteiger charge is -2.41. The number of nitrogens with zero attached hydrogens (tertiary/aromatic N) is 1. The lowest BCUT2D eigenvalue weighted by Crippen LogP contribution is -2.53. The smallest absolute Gasteiger partial charge is 0.126 e. The Morgan fingerprint density at radius 3 is 2.23 bits per heavy atom. The maximum atomic E-state index is 10.4. The van der Waals surface area contributed by atoms with E-state index in [0.29, 0.717) is 19.8 Å². The van der Waals surface area contributed by atoms with Crippen LogP contribution in [-0.4, -0.2) is 62.2 Å². The zero-order chi connectivity index (χ0) is 22.6. The molecule has 0 spiro atoms. The number of aliphatic hydroxyl groups excluding tert-OH is 1. The normalized spacial score (nSPS) is 24.0. The van der Waals surface area contributed by atoms with Crippen LogP contribution in [0.5, 0.6) is 5.75 Å². The van der Waals surface area contributed by atoms with E-state index in [2.05, 4.69) is 73.7 Å². The second kappa shape index (κ2) is 10.0. The van der Waals surface area contributed by atoms with Crippen LogP contribution in [0.15, 0.2) is 18.2 Å². The quantitative estimate of drug-likeness (QED) is 0.479. The molecule has 0 bridgehead atoms. The number of piperidine rings is 1. The van der Waals surface area contributed by atoms with Crippen LogP contribution in [0.2, 0.25) is 0 Å². The van der Waals surface area contributed by atoms with Gasteiger partial charge in [0.15, 0.2) is 0 Å². The van der Waals surface area contributed by atoms with Gasteiger partial charge in [-0.2, -0.15) is 0 Å². The molecule has 1 heterocycles. The molecule has 4 nitrogen and oxygen atoms in total. The van der Waals surface area contributed by atoms with E-state index in [9.17, 15) is 5.11 Å². The van der Waals surface area contributed by atoms with Crippen molar-refractivity contribution in [2.24, 2.45) is 5.92 Å². The average Bonchev–Trinajstić information content (AvgIpc) is 2.62. The molecule has 4 heteroatoms. The summed E-state index contributed by atoms with van der Waals surface area (Å²) >= 11 is 0. The molecule has 1 aliphatic heterocycles. The summed E-state index contributed by atoms with van der Waals surface area (Å²) < 4.78 is 12.8. The van der Waals surface area contributed by atoms with Crippen molar-refractivity contribution in [3.05, 3.63) is 29.3 Å². The topological polar surface area (TPSA) is 38.7 Å². The molecule has 0 radical (unpaired) electrons. The molecular weight excluding hydrogens is 374 g/mol. The Morgan fingerprint density at radius 1 is 1.03 bits per heavy atom. The van der Waals surface area contributed by atoms with Crippen LogP contribution >= 0.6 is 0 Å². The number of likely N-dealkylation sites (tertiary alicyclic amines) is 1. The van der Waals surface area contributed by atoms with Crippen LogP contribution in [0.25, 0.3) is 0 Å². The number of benzene rings is 1. The van der Waals surface area contributed by atoms with E-state index in [-0.39, 0.29) is 10.8 Å². The summed E-state index contributed by atoms with van der Waals surface area (Å²) in [4.78, 5) is 0. The van der Waals surface area contributed by atoms with Gasteiger partial charge in [0.25, 0.3) is 0 Å². The van der Waals surface area contributed by atoms with Gasteiger partial charge >= 0.3 is 0 Å². The van der Waals surface area contributed by atoms with E-state index in [1.165, 1.54) is 24.0 Å². The van der Waals surface area contributed by atoms with Gasteiger partial charge in [-0.15, -0.1) is 0 Å². The van der Waals surface area contributed by atoms with Crippen LogP contribution in [0.1, 0.15) is 72.4 Å². The van der Waals surface area contributed by atoms with Gasteiger partial charge in [-0.05, 0) is 46.8 Å². The van der Waals surface area contributed by atoms with Crippen molar-refractivity contribution >= 4 is 0 Å². The van der Waals surface area contributed by atoms with E-state index in [1.807, 2.05) is 0 Å². The van der Waals surface area contributed by atoms with E-state index in [0.717, 1.165) is 35.8 Å². The highest BCUT2D eigenvalue weighted by Gasteiger charge is 2.30. The molecule has 1 aromatic rings. The lowest BCUT2D eigenvalue weighted by molar-refractivity contribution is -0.918. The molecule has 1 N–H and O–H groups in total. The molecule has 172 valence electrons. The second-order valence-electron chi connectivity index (χ2n) is 11.7. The summed E-state index contributed by atoms with van der Waals surface area (Å²) in [6.07, 6.45) is 2.09. The number of quaternary nitrogens is 1. The van der Waals surface area contributed by atoms with Gasteiger partial charge in [0.2, 0.25) is 0 Å². The second-order valence-corrected chi connectivity index (χ2v) is 11.7. The first-order chi connectivity index (χ1) is 13.8. The van der Waals surface area contributed by atoms with Gasteiger partial charge in [-0.1, -0.05) is 60.6 Å². The fourth-order valence-electron chi connectivity index (χ4n) is 4.20. The molecule has 0 amide bonds. The highest BCUT2D eigenvalue weighted by molar-refractivity contribution is 5.43. The highest BCUT2D eigenvalue weighted by Crippen LogP contribution is 2.35. The number of ether oxygens (including phenoxy) is 2. The maximum absolute atomic E-state index is 10.4. The largest absolute Gasteiger partial charge is 0.491 e. The predicted octanol–water partition coefficient (Wildman–Crippen LogP) is 4.91. The Morgan fingerprint density at radius 2 is 1.67 bits per heavy atom. The molecule has 1 aliphatic rings.